The van der Waals surface area contributed by atoms with E-state index in [1.54, 1.807) is 7.11 Å². The van der Waals surface area contributed by atoms with Crippen molar-refractivity contribution in [3.05, 3.63) is 59.7 Å². The first-order chi connectivity index (χ1) is 12.6. The molecule has 0 aromatic heterocycles. The van der Waals surface area contributed by atoms with E-state index in [0.717, 1.165) is 37.7 Å². The third-order valence-corrected chi connectivity index (χ3v) is 5.04. The van der Waals surface area contributed by atoms with Crippen LogP contribution in [0.2, 0.25) is 0 Å². The van der Waals surface area contributed by atoms with Gasteiger partial charge in [-0.2, -0.15) is 0 Å². The van der Waals surface area contributed by atoms with Gasteiger partial charge in [-0.3, -0.25) is 4.90 Å². The zero-order valence-electron chi connectivity index (χ0n) is 16.4. The summed E-state index contributed by atoms with van der Waals surface area (Å²) in [6.07, 6.45) is 0.130. The predicted octanol–water partition coefficient (Wildman–Crippen LogP) is 4.08. The molecule has 1 aliphatic rings. The fourth-order valence-corrected chi connectivity index (χ4v) is 3.83. The number of hydrogen-bond acceptors (Lipinski definition) is 4. The van der Waals surface area contributed by atoms with Gasteiger partial charge < -0.3 is 15.2 Å². The Kier molecular flexibility index (Phi) is 7.96. The van der Waals surface area contributed by atoms with Crippen LogP contribution in [-0.2, 0) is 6.54 Å². The SMILES string of the molecule is COc1cc(CN2C[C@@H](CN)[C@H](c3ccccc3)C2)ccc1OC(C)C.Cl. The van der Waals surface area contributed by atoms with Crippen LogP contribution < -0.4 is 15.2 Å². The second kappa shape index (κ2) is 9.98. The summed E-state index contributed by atoms with van der Waals surface area (Å²) >= 11 is 0. The molecule has 3 rings (SSSR count). The standard InChI is InChI=1S/C22H30N2O2.ClH/c1-16(2)26-21-10-9-17(11-22(21)25-3)13-24-14-19(12-23)20(15-24)18-7-5-4-6-8-18;/h4-11,16,19-20H,12-15,23H2,1-3H3;1H/t19-,20+;/m1./s1. The maximum atomic E-state index is 6.07. The smallest absolute Gasteiger partial charge is 0.161 e. The first-order valence-corrected chi connectivity index (χ1v) is 9.41. The van der Waals surface area contributed by atoms with Crippen LogP contribution in [0.1, 0.15) is 30.9 Å². The highest BCUT2D eigenvalue weighted by molar-refractivity contribution is 5.85. The Labute approximate surface area is 169 Å². The van der Waals surface area contributed by atoms with Crippen LogP contribution in [0.3, 0.4) is 0 Å². The van der Waals surface area contributed by atoms with E-state index in [1.807, 2.05) is 19.9 Å². The molecule has 27 heavy (non-hydrogen) atoms. The highest BCUT2D eigenvalue weighted by Gasteiger charge is 2.32. The van der Waals surface area contributed by atoms with E-state index >= 15 is 0 Å². The number of rotatable bonds is 7. The maximum absolute atomic E-state index is 6.07. The van der Waals surface area contributed by atoms with Gasteiger partial charge in [0.05, 0.1) is 13.2 Å². The number of benzene rings is 2. The first-order valence-electron chi connectivity index (χ1n) is 9.41. The summed E-state index contributed by atoms with van der Waals surface area (Å²) in [5.74, 6) is 2.61. The van der Waals surface area contributed by atoms with Crippen molar-refractivity contribution in [1.29, 1.82) is 0 Å². The fourth-order valence-electron chi connectivity index (χ4n) is 3.83. The van der Waals surface area contributed by atoms with Crippen LogP contribution in [0.25, 0.3) is 0 Å². The lowest BCUT2D eigenvalue weighted by Gasteiger charge is -2.18. The van der Waals surface area contributed by atoms with E-state index in [0.29, 0.717) is 11.8 Å². The fraction of sp³-hybridized carbons (Fsp3) is 0.455. The molecule has 0 unspecified atom stereocenters. The average molecular weight is 391 g/mol. The molecule has 0 spiro atoms. The minimum Gasteiger partial charge on any atom is -0.493 e. The second-order valence-electron chi connectivity index (χ2n) is 7.36. The van der Waals surface area contributed by atoms with Gasteiger partial charge in [0.15, 0.2) is 11.5 Å². The summed E-state index contributed by atoms with van der Waals surface area (Å²) in [5, 5.41) is 0. The molecule has 4 nitrogen and oxygen atoms in total. The van der Waals surface area contributed by atoms with Crippen molar-refractivity contribution in [2.24, 2.45) is 11.7 Å². The topological polar surface area (TPSA) is 47.7 Å². The summed E-state index contributed by atoms with van der Waals surface area (Å²) in [7, 11) is 1.69. The van der Waals surface area contributed by atoms with Crippen molar-refractivity contribution in [3.63, 3.8) is 0 Å². The number of likely N-dealkylation sites (tertiary alicyclic amines) is 1. The van der Waals surface area contributed by atoms with Gasteiger partial charge in [-0.05, 0) is 49.6 Å². The van der Waals surface area contributed by atoms with E-state index in [1.165, 1.54) is 11.1 Å². The quantitative estimate of drug-likeness (QED) is 0.773. The zero-order chi connectivity index (χ0) is 18.5. The van der Waals surface area contributed by atoms with Crippen molar-refractivity contribution in [1.82, 2.24) is 4.90 Å². The van der Waals surface area contributed by atoms with Gasteiger partial charge >= 0.3 is 0 Å². The average Bonchev–Trinajstić information content (AvgIpc) is 3.06. The minimum absolute atomic E-state index is 0. The van der Waals surface area contributed by atoms with Gasteiger partial charge in [-0.15, -0.1) is 12.4 Å². The van der Waals surface area contributed by atoms with Gasteiger partial charge in [-0.1, -0.05) is 36.4 Å². The lowest BCUT2D eigenvalue weighted by molar-refractivity contribution is 0.229. The highest BCUT2D eigenvalue weighted by Crippen LogP contribution is 2.34. The van der Waals surface area contributed by atoms with Crippen molar-refractivity contribution in [2.45, 2.75) is 32.4 Å². The van der Waals surface area contributed by atoms with E-state index in [9.17, 15) is 0 Å². The molecule has 0 bridgehead atoms. The van der Waals surface area contributed by atoms with Gasteiger partial charge in [0.2, 0.25) is 0 Å². The molecular formula is C22H31ClN2O2. The summed E-state index contributed by atoms with van der Waals surface area (Å²) in [6, 6.07) is 17.0. The molecule has 1 aliphatic heterocycles. The molecular weight excluding hydrogens is 360 g/mol. The Morgan fingerprint density at radius 1 is 1.07 bits per heavy atom. The van der Waals surface area contributed by atoms with Crippen LogP contribution in [0.15, 0.2) is 48.5 Å². The number of nitrogens with two attached hydrogens (primary N) is 1. The van der Waals surface area contributed by atoms with E-state index < -0.39 is 0 Å². The summed E-state index contributed by atoms with van der Waals surface area (Å²) in [5.41, 5.74) is 8.70. The maximum Gasteiger partial charge on any atom is 0.161 e. The third kappa shape index (κ3) is 5.38. The number of hydrogen-bond donors (Lipinski definition) is 1. The lowest BCUT2D eigenvalue weighted by Crippen LogP contribution is -2.23. The Morgan fingerprint density at radius 2 is 1.81 bits per heavy atom. The molecule has 2 aromatic rings. The summed E-state index contributed by atoms with van der Waals surface area (Å²) < 4.78 is 11.3. The van der Waals surface area contributed by atoms with Crippen LogP contribution in [0.5, 0.6) is 11.5 Å². The molecule has 2 aromatic carbocycles. The molecule has 0 amide bonds. The molecule has 148 valence electrons. The zero-order valence-corrected chi connectivity index (χ0v) is 17.2. The first kappa shape index (κ1) is 21.5. The normalized spacial score (nSPS) is 19.7. The third-order valence-electron chi connectivity index (χ3n) is 5.04. The monoisotopic (exact) mass is 390 g/mol. The Bertz CT molecular complexity index is 709. The summed E-state index contributed by atoms with van der Waals surface area (Å²) in [4.78, 5) is 2.49. The molecule has 0 saturated carbocycles. The summed E-state index contributed by atoms with van der Waals surface area (Å²) in [6.45, 7) is 7.74. The predicted molar refractivity (Wildman–Crippen MR) is 113 cm³/mol. The second-order valence-corrected chi connectivity index (χ2v) is 7.36. The van der Waals surface area contributed by atoms with Crippen LogP contribution in [-0.4, -0.2) is 37.7 Å². The van der Waals surface area contributed by atoms with Gasteiger partial charge in [0, 0.05) is 25.6 Å². The van der Waals surface area contributed by atoms with Crippen LogP contribution in [0, 0.1) is 5.92 Å². The molecule has 1 heterocycles. The Balaban J connectivity index is 0.00000261. The number of nitrogens with zero attached hydrogens (tertiary/aromatic N) is 1. The molecule has 0 aliphatic carbocycles. The van der Waals surface area contributed by atoms with Crippen molar-refractivity contribution >= 4 is 12.4 Å². The molecule has 1 saturated heterocycles. The Morgan fingerprint density at radius 3 is 2.44 bits per heavy atom. The minimum atomic E-state index is 0. The lowest BCUT2D eigenvalue weighted by atomic mass is 9.89. The largest absolute Gasteiger partial charge is 0.493 e. The van der Waals surface area contributed by atoms with Gasteiger partial charge in [0.1, 0.15) is 0 Å². The molecule has 2 atom stereocenters. The van der Waals surface area contributed by atoms with E-state index in [2.05, 4.69) is 47.4 Å². The Hall–Kier alpha value is -1.75. The van der Waals surface area contributed by atoms with E-state index in [4.69, 9.17) is 15.2 Å². The number of halogens is 1. The van der Waals surface area contributed by atoms with Gasteiger partial charge in [-0.25, -0.2) is 0 Å². The van der Waals surface area contributed by atoms with Crippen molar-refractivity contribution < 1.29 is 9.47 Å². The molecule has 0 radical (unpaired) electrons. The van der Waals surface area contributed by atoms with Crippen molar-refractivity contribution in [3.8, 4) is 11.5 Å². The van der Waals surface area contributed by atoms with Crippen LogP contribution in [0.4, 0.5) is 0 Å². The van der Waals surface area contributed by atoms with Gasteiger partial charge in [0.25, 0.3) is 0 Å². The highest BCUT2D eigenvalue weighted by atomic mass is 35.5. The molecule has 5 heteroatoms. The number of methoxy groups -OCH3 is 1. The van der Waals surface area contributed by atoms with Crippen molar-refractivity contribution in [2.75, 3.05) is 26.7 Å². The molecule has 1 fully saturated rings. The van der Waals surface area contributed by atoms with E-state index in [-0.39, 0.29) is 18.5 Å². The number of ether oxygens (including phenoxy) is 2. The molecule has 2 N–H and O–H groups in total. The van der Waals surface area contributed by atoms with Crippen LogP contribution >= 0.6 is 12.4 Å².